The number of hydrogen-bond acceptors (Lipinski definition) is 4. The molecule has 0 aliphatic rings. The highest BCUT2D eigenvalue weighted by molar-refractivity contribution is 7.89. The first-order chi connectivity index (χ1) is 9.53. The topological polar surface area (TPSA) is 90.2 Å². The summed E-state index contributed by atoms with van der Waals surface area (Å²) in [5.41, 5.74) is 0.812. The van der Waals surface area contributed by atoms with Crippen molar-refractivity contribution in [3.05, 3.63) is 59.7 Å². The summed E-state index contributed by atoms with van der Waals surface area (Å²) in [5, 5.41) is 18.1. The van der Waals surface area contributed by atoms with Crippen LogP contribution in [-0.2, 0) is 16.6 Å². The van der Waals surface area contributed by atoms with Crippen molar-refractivity contribution in [2.75, 3.05) is 0 Å². The first kappa shape index (κ1) is 14.1. The number of benzene rings is 2. The van der Waals surface area contributed by atoms with Crippen molar-refractivity contribution in [3.8, 4) is 11.8 Å². The van der Waals surface area contributed by atoms with Crippen molar-refractivity contribution in [1.29, 1.82) is 5.26 Å². The van der Waals surface area contributed by atoms with Gasteiger partial charge in [-0.15, -0.1) is 0 Å². The van der Waals surface area contributed by atoms with Gasteiger partial charge in [-0.25, -0.2) is 13.1 Å². The number of nitrogens with one attached hydrogen (secondary N) is 1. The maximum Gasteiger partial charge on any atom is 0.242 e. The molecule has 6 heteroatoms. The van der Waals surface area contributed by atoms with Crippen LogP contribution in [0.3, 0.4) is 0 Å². The zero-order valence-corrected chi connectivity index (χ0v) is 11.3. The van der Waals surface area contributed by atoms with Crippen LogP contribution in [0.2, 0.25) is 0 Å². The molecular weight excluding hydrogens is 276 g/mol. The molecule has 0 aliphatic carbocycles. The van der Waals surface area contributed by atoms with E-state index in [9.17, 15) is 8.42 Å². The van der Waals surface area contributed by atoms with Crippen LogP contribution in [-0.4, -0.2) is 13.5 Å². The summed E-state index contributed by atoms with van der Waals surface area (Å²) < 4.78 is 26.7. The molecule has 2 rings (SSSR count). The van der Waals surface area contributed by atoms with Crippen molar-refractivity contribution in [1.82, 2.24) is 4.72 Å². The van der Waals surface area contributed by atoms with Crippen LogP contribution in [0.5, 0.6) is 5.75 Å². The Kier molecular flexibility index (Phi) is 4.03. The fourth-order valence-electron chi connectivity index (χ4n) is 1.66. The van der Waals surface area contributed by atoms with Gasteiger partial charge in [-0.1, -0.05) is 24.3 Å². The zero-order valence-electron chi connectivity index (χ0n) is 10.4. The van der Waals surface area contributed by atoms with Gasteiger partial charge in [-0.05, 0) is 29.8 Å². The average molecular weight is 288 g/mol. The van der Waals surface area contributed by atoms with Crippen molar-refractivity contribution in [3.63, 3.8) is 0 Å². The van der Waals surface area contributed by atoms with Gasteiger partial charge in [0.15, 0.2) is 0 Å². The van der Waals surface area contributed by atoms with E-state index in [1.165, 1.54) is 24.3 Å². The summed E-state index contributed by atoms with van der Waals surface area (Å²) in [4.78, 5) is -0.0405. The summed E-state index contributed by atoms with van der Waals surface area (Å²) in [5.74, 6) is 0.117. The van der Waals surface area contributed by atoms with Gasteiger partial charge in [0, 0.05) is 6.54 Å². The number of sulfonamides is 1. The number of phenols is 1. The summed E-state index contributed by atoms with van der Waals surface area (Å²) >= 11 is 0. The molecule has 0 atom stereocenters. The van der Waals surface area contributed by atoms with Gasteiger partial charge in [0.1, 0.15) is 11.8 Å². The Morgan fingerprint density at radius 1 is 1.10 bits per heavy atom. The third-order valence-corrected chi connectivity index (χ3v) is 4.16. The van der Waals surface area contributed by atoms with E-state index in [1.54, 1.807) is 24.3 Å². The van der Waals surface area contributed by atoms with E-state index in [2.05, 4.69) is 4.72 Å². The molecule has 0 spiro atoms. The van der Waals surface area contributed by atoms with Gasteiger partial charge in [0.05, 0.1) is 10.5 Å². The molecule has 102 valence electrons. The summed E-state index contributed by atoms with van der Waals surface area (Å²) in [6.45, 7) is 0.0857. The molecule has 0 aromatic heterocycles. The van der Waals surface area contributed by atoms with Crippen molar-refractivity contribution >= 4 is 10.0 Å². The first-order valence-corrected chi connectivity index (χ1v) is 7.28. The Hall–Kier alpha value is -2.36. The third kappa shape index (κ3) is 3.15. The molecule has 0 saturated carbocycles. The lowest BCUT2D eigenvalue weighted by atomic mass is 10.2. The van der Waals surface area contributed by atoms with Crippen LogP contribution in [0.1, 0.15) is 11.1 Å². The van der Waals surface area contributed by atoms with Gasteiger partial charge in [0.2, 0.25) is 10.0 Å². The fraction of sp³-hybridized carbons (Fsp3) is 0.0714. The van der Waals surface area contributed by atoms with Gasteiger partial charge < -0.3 is 5.11 Å². The average Bonchev–Trinajstić information content (AvgIpc) is 2.46. The summed E-state index contributed by atoms with van der Waals surface area (Å²) in [7, 11) is -3.75. The molecule has 2 N–H and O–H groups in total. The van der Waals surface area contributed by atoms with Gasteiger partial charge >= 0.3 is 0 Å². The van der Waals surface area contributed by atoms with Crippen molar-refractivity contribution < 1.29 is 13.5 Å². The van der Waals surface area contributed by atoms with E-state index in [0.717, 1.165) is 0 Å². The monoisotopic (exact) mass is 288 g/mol. The minimum atomic E-state index is -3.75. The second-order valence-corrected chi connectivity index (χ2v) is 5.83. The van der Waals surface area contributed by atoms with Crippen LogP contribution in [0.25, 0.3) is 0 Å². The number of rotatable bonds is 4. The van der Waals surface area contributed by atoms with Crippen LogP contribution in [0.4, 0.5) is 0 Å². The Bertz CT molecular complexity index is 747. The predicted molar refractivity (Wildman–Crippen MR) is 73.3 cm³/mol. The molecule has 0 heterocycles. The lowest BCUT2D eigenvalue weighted by molar-refractivity contribution is 0.475. The van der Waals surface area contributed by atoms with E-state index < -0.39 is 10.0 Å². The summed E-state index contributed by atoms with van der Waals surface area (Å²) in [6.07, 6.45) is 0. The Morgan fingerprint density at radius 2 is 1.75 bits per heavy atom. The minimum Gasteiger partial charge on any atom is -0.508 e. The Balaban J connectivity index is 2.20. The molecule has 0 radical (unpaired) electrons. The second-order valence-electron chi connectivity index (χ2n) is 4.10. The molecule has 0 aliphatic heterocycles. The van der Waals surface area contributed by atoms with Crippen molar-refractivity contribution in [2.24, 2.45) is 0 Å². The molecular formula is C14H12N2O3S. The van der Waals surface area contributed by atoms with Gasteiger partial charge in [-0.2, -0.15) is 5.26 Å². The number of nitrogens with zero attached hydrogens (tertiary/aromatic N) is 1. The predicted octanol–water partition coefficient (Wildman–Crippen LogP) is 1.74. The van der Waals surface area contributed by atoms with Gasteiger partial charge in [-0.3, -0.25) is 0 Å². The molecule has 2 aromatic carbocycles. The van der Waals surface area contributed by atoms with Crippen molar-refractivity contribution in [2.45, 2.75) is 11.4 Å². The number of nitriles is 1. The lowest BCUT2D eigenvalue weighted by Crippen LogP contribution is -2.24. The highest BCUT2D eigenvalue weighted by atomic mass is 32.2. The molecule has 0 unspecified atom stereocenters. The standard InChI is InChI=1S/C14H12N2O3S/c15-9-12-3-1-2-4-14(12)20(18,19)16-10-11-5-7-13(17)8-6-11/h1-8,16-17H,10H2. The van der Waals surface area contributed by atoms with Gasteiger partial charge in [0.25, 0.3) is 0 Å². The van der Waals surface area contributed by atoms with E-state index in [0.29, 0.717) is 5.56 Å². The highest BCUT2D eigenvalue weighted by Gasteiger charge is 2.17. The van der Waals surface area contributed by atoms with Crippen LogP contribution < -0.4 is 4.72 Å². The quantitative estimate of drug-likeness (QED) is 0.896. The second kappa shape index (κ2) is 5.74. The van der Waals surface area contributed by atoms with Crippen LogP contribution in [0.15, 0.2) is 53.4 Å². The maximum atomic E-state index is 12.1. The molecule has 2 aromatic rings. The van der Waals surface area contributed by atoms with Crippen LogP contribution >= 0.6 is 0 Å². The number of hydrogen-bond donors (Lipinski definition) is 2. The Morgan fingerprint density at radius 3 is 2.40 bits per heavy atom. The first-order valence-electron chi connectivity index (χ1n) is 5.79. The molecule has 0 saturated heterocycles. The SMILES string of the molecule is N#Cc1ccccc1S(=O)(=O)NCc1ccc(O)cc1. The van der Waals surface area contributed by atoms with E-state index >= 15 is 0 Å². The maximum absolute atomic E-state index is 12.1. The zero-order chi connectivity index (χ0) is 14.6. The number of phenolic OH excluding ortho intramolecular Hbond substituents is 1. The van der Waals surface area contributed by atoms with E-state index in [1.807, 2.05) is 6.07 Å². The number of aromatic hydroxyl groups is 1. The molecule has 5 nitrogen and oxygen atoms in total. The van der Waals surface area contributed by atoms with Crippen LogP contribution in [0, 0.1) is 11.3 Å². The van der Waals surface area contributed by atoms with E-state index in [4.69, 9.17) is 10.4 Å². The highest BCUT2D eigenvalue weighted by Crippen LogP contribution is 2.15. The molecule has 0 bridgehead atoms. The van der Waals surface area contributed by atoms with E-state index in [-0.39, 0.29) is 22.8 Å². The largest absolute Gasteiger partial charge is 0.508 e. The summed E-state index contributed by atoms with van der Waals surface area (Å²) in [6, 6.07) is 14.1. The smallest absolute Gasteiger partial charge is 0.242 e. The fourth-order valence-corrected chi connectivity index (χ4v) is 2.84. The third-order valence-electron chi connectivity index (χ3n) is 2.70. The molecule has 20 heavy (non-hydrogen) atoms. The normalized spacial score (nSPS) is 10.9. The minimum absolute atomic E-state index is 0.0405. The lowest BCUT2D eigenvalue weighted by Gasteiger charge is -2.08. The molecule has 0 amide bonds. The molecule has 0 fully saturated rings. The Labute approximate surface area is 117 Å².